The molecule has 1 aliphatic rings. The molecule has 0 aromatic heterocycles. The molecule has 1 aliphatic carbocycles. The number of hydrogen-bond donors (Lipinski definition) is 2. The van der Waals surface area contributed by atoms with Crippen molar-refractivity contribution in [2.24, 2.45) is 11.8 Å². The van der Waals surface area contributed by atoms with Crippen LogP contribution in [-0.4, -0.2) is 23.5 Å². The smallest absolute Gasteiger partial charge is 0.306 e. The third-order valence-corrected chi connectivity index (χ3v) is 4.05. The molecule has 1 saturated carbocycles. The Labute approximate surface area is 123 Å². The lowest BCUT2D eigenvalue weighted by Crippen LogP contribution is -2.36. The van der Waals surface area contributed by atoms with Gasteiger partial charge in [0.15, 0.2) is 0 Å². The average molecular weight is 293 g/mol. The first-order chi connectivity index (χ1) is 10.1. The topological polar surface area (TPSA) is 66.4 Å². The monoisotopic (exact) mass is 293 g/mol. The minimum Gasteiger partial charge on any atom is -0.481 e. The third kappa shape index (κ3) is 4.28. The number of carboxylic acid groups (broad SMARTS) is 1. The van der Waals surface area contributed by atoms with E-state index in [1.165, 1.54) is 6.07 Å². The van der Waals surface area contributed by atoms with Gasteiger partial charge in [0.2, 0.25) is 5.91 Å². The van der Waals surface area contributed by atoms with Crippen molar-refractivity contribution in [3.05, 3.63) is 35.6 Å². The summed E-state index contributed by atoms with van der Waals surface area (Å²) in [7, 11) is 0. The number of halogens is 1. The van der Waals surface area contributed by atoms with E-state index in [1.807, 2.05) is 0 Å². The van der Waals surface area contributed by atoms with Crippen molar-refractivity contribution in [2.75, 3.05) is 6.54 Å². The van der Waals surface area contributed by atoms with E-state index < -0.39 is 11.9 Å². The molecule has 5 heteroatoms. The second kappa shape index (κ2) is 7.20. The predicted octanol–water partition coefficient (Wildman–Crippen LogP) is 2.38. The van der Waals surface area contributed by atoms with Crippen LogP contribution < -0.4 is 5.32 Å². The lowest BCUT2D eigenvalue weighted by atomic mass is 9.81. The summed E-state index contributed by atoms with van der Waals surface area (Å²) in [6.45, 7) is 0.369. The van der Waals surface area contributed by atoms with Crippen LogP contribution in [0, 0.1) is 17.7 Å². The Bertz CT molecular complexity index is 518. The van der Waals surface area contributed by atoms with Crippen LogP contribution in [0.25, 0.3) is 0 Å². The van der Waals surface area contributed by atoms with Gasteiger partial charge in [-0.2, -0.15) is 0 Å². The summed E-state index contributed by atoms with van der Waals surface area (Å²) in [5.41, 5.74) is 0.574. The van der Waals surface area contributed by atoms with E-state index in [4.69, 9.17) is 5.11 Å². The molecule has 0 heterocycles. The number of hydrogen-bond acceptors (Lipinski definition) is 2. The van der Waals surface area contributed by atoms with Crippen LogP contribution in [-0.2, 0) is 16.0 Å². The van der Waals surface area contributed by atoms with Crippen molar-refractivity contribution in [3.8, 4) is 0 Å². The zero-order valence-corrected chi connectivity index (χ0v) is 11.8. The third-order valence-electron chi connectivity index (χ3n) is 4.05. The predicted molar refractivity (Wildman–Crippen MR) is 76.2 cm³/mol. The summed E-state index contributed by atoms with van der Waals surface area (Å²) in [4.78, 5) is 23.0. The standard InChI is InChI=1S/C16H20FNO3/c17-14-7-2-1-4-11(14)8-9-18-15(19)12-5-3-6-13(10-12)16(20)21/h1-2,4,7,12-13H,3,5-6,8-10H2,(H,18,19)(H,20,21)/t12-,13-/m1/s1. The van der Waals surface area contributed by atoms with Crippen LogP contribution in [0.4, 0.5) is 4.39 Å². The fourth-order valence-electron chi connectivity index (χ4n) is 2.82. The highest BCUT2D eigenvalue weighted by Crippen LogP contribution is 2.29. The Balaban J connectivity index is 1.79. The van der Waals surface area contributed by atoms with Gasteiger partial charge in [0.25, 0.3) is 0 Å². The number of amides is 1. The van der Waals surface area contributed by atoms with Gasteiger partial charge in [-0.3, -0.25) is 9.59 Å². The molecule has 2 rings (SSSR count). The molecule has 0 spiro atoms. The van der Waals surface area contributed by atoms with Gasteiger partial charge in [-0.25, -0.2) is 4.39 Å². The van der Waals surface area contributed by atoms with Gasteiger partial charge in [0.1, 0.15) is 5.82 Å². The Kier molecular flexibility index (Phi) is 5.31. The Morgan fingerprint density at radius 1 is 1.24 bits per heavy atom. The van der Waals surface area contributed by atoms with Crippen molar-refractivity contribution in [1.82, 2.24) is 5.32 Å². The van der Waals surface area contributed by atoms with Crippen LogP contribution in [0.5, 0.6) is 0 Å². The summed E-state index contributed by atoms with van der Waals surface area (Å²) in [5, 5.41) is 11.8. The number of rotatable bonds is 5. The molecule has 114 valence electrons. The van der Waals surface area contributed by atoms with E-state index in [0.29, 0.717) is 31.4 Å². The maximum atomic E-state index is 13.4. The number of aliphatic carboxylic acids is 1. The van der Waals surface area contributed by atoms with Crippen LogP contribution in [0.3, 0.4) is 0 Å². The van der Waals surface area contributed by atoms with Gasteiger partial charge >= 0.3 is 5.97 Å². The number of benzene rings is 1. The fourth-order valence-corrected chi connectivity index (χ4v) is 2.82. The lowest BCUT2D eigenvalue weighted by Gasteiger charge is -2.25. The van der Waals surface area contributed by atoms with Crippen molar-refractivity contribution in [2.45, 2.75) is 32.1 Å². The first-order valence-electron chi connectivity index (χ1n) is 7.32. The highest BCUT2D eigenvalue weighted by molar-refractivity contribution is 5.80. The SMILES string of the molecule is O=C(O)[C@@H]1CCC[C@@H](C(=O)NCCc2ccccc2F)C1. The van der Waals surface area contributed by atoms with Gasteiger partial charge in [-0.15, -0.1) is 0 Å². The number of carbonyl (C=O) groups is 2. The molecule has 2 N–H and O–H groups in total. The minimum absolute atomic E-state index is 0.114. The maximum Gasteiger partial charge on any atom is 0.306 e. The molecule has 1 aromatic rings. The molecule has 4 nitrogen and oxygen atoms in total. The van der Waals surface area contributed by atoms with Crippen LogP contribution >= 0.6 is 0 Å². The van der Waals surface area contributed by atoms with Crippen molar-refractivity contribution < 1.29 is 19.1 Å². The van der Waals surface area contributed by atoms with E-state index in [1.54, 1.807) is 18.2 Å². The summed E-state index contributed by atoms with van der Waals surface area (Å²) < 4.78 is 13.4. The molecular weight excluding hydrogens is 273 g/mol. The second-order valence-corrected chi connectivity index (χ2v) is 5.53. The number of nitrogens with one attached hydrogen (secondary N) is 1. The molecule has 0 unspecified atom stereocenters. The van der Waals surface area contributed by atoms with Crippen molar-refractivity contribution >= 4 is 11.9 Å². The van der Waals surface area contributed by atoms with Crippen LogP contribution in [0.15, 0.2) is 24.3 Å². The molecular formula is C16H20FNO3. The Hall–Kier alpha value is -1.91. The average Bonchev–Trinajstić information content (AvgIpc) is 2.49. The maximum absolute atomic E-state index is 13.4. The molecule has 0 saturated heterocycles. The molecule has 1 aromatic carbocycles. The quantitative estimate of drug-likeness (QED) is 0.876. The summed E-state index contributed by atoms with van der Waals surface area (Å²) in [5.74, 6) is -1.85. The van der Waals surface area contributed by atoms with E-state index in [0.717, 1.165) is 12.8 Å². The van der Waals surface area contributed by atoms with E-state index in [9.17, 15) is 14.0 Å². The highest BCUT2D eigenvalue weighted by atomic mass is 19.1. The summed E-state index contributed by atoms with van der Waals surface area (Å²) >= 11 is 0. The molecule has 21 heavy (non-hydrogen) atoms. The Morgan fingerprint density at radius 3 is 2.67 bits per heavy atom. The van der Waals surface area contributed by atoms with Crippen molar-refractivity contribution in [1.29, 1.82) is 0 Å². The second-order valence-electron chi connectivity index (χ2n) is 5.53. The molecule has 1 amide bonds. The van der Waals surface area contributed by atoms with E-state index in [2.05, 4.69) is 5.32 Å². The van der Waals surface area contributed by atoms with Gasteiger partial charge in [-0.1, -0.05) is 24.6 Å². The zero-order chi connectivity index (χ0) is 15.2. The largest absolute Gasteiger partial charge is 0.481 e. The summed E-state index contributed by atoms with van der Waals surface area (Å²) in [6.07, 6.45) is 2.99. The zero-order valence-electron chi connectivity index (χ0n) is 11.8. The van der Waals surface area contributed by atoms with E-state index in [-0.39, 0.29) is 17.6 Å². The fraction of sp³-hybridized carbons (Fsp3) is 0.500. The van der Waals surface area contributed by atoms with Gasteiger partial charge < -0.3 is 10.4 Å². The molecule has 0 bridgehead atoms. The van der Waals surface area contributed by atoms with Gasteiger partial charge in [-0.05, 0) is 37.3 Å². The molecule has 0 radical (unpaired) electrons. The van der Waals surface area contributed by atoms with Gasteiger partial charge in [0.05, 0.1) is 5.92 Å². The first kappa shape index (κ1) is 15.5. The van der Waals surface area contributed by atoms with Crippen LogP contribution in [0.1, 0.15) is 31.2 Å². The highest BCUT2D eigenvalue weighted by Gasteiger charge is 2.30. The summed E-state index contributed by atoms with van der Waals surface area (Å²) in [6, 6.07) is 6.49. The molecule has 1 fully saturated rings. The lowest BCUT2D eigenvalue weighted by molar-refractivity contribution is -0.144. The number of carbonyl (C=O) groups excluding carboxylic acids is 1. The first-order valence-corrected chi connectivity index (χ1v) is 7.32. The number of carboxylic acids is 1. The molecule has 2 atom stereocenters. The molecule has 0 aliphatic heterocycles. The Morgan fingerprint density at radius 2 is 1.95 bits per heavy atom. The minimum atomic E-state index is -0.821. The van der Waals surface area contributed by atoms with Crippen molar-refractivity contribution in [3.63, 3.8) is 0 Å². The van der Waals surface area contributed by atoms with E-state index >= 15 is 0 Å². The normalized spacial score (nSPS) is 21.8. The van der Waals surface area contributed by atoms with Crippen LogP contribution in [0.2, 0.25) is 0 Å². The van der Waals surface area contributed by atoms with Gasteiger partial charge in [0, 0.05) is 12.5 Å².